The molecule has 0 bridgehead atoms. The Balaban J connectivity index is 2.94. The van der Waals surface area contributed by atoms with Gasteiger partial charge in [0.15, 0.2) is 0 Å². The van der Waals surface area contributed by atoms with Gasteiger partial charge in [0.05, 0.1) is 0 Å². The van der Waals surface area contributed by atoms with Crippen molar-refractivity contribution in [1.29, 1.82) is 0 Å². The van der Waals surface area contributed by atoms with Crippen molar-refractivity contribution >= 4 is 42.0 Å². The predicted octanol–water partition coefficient (Wildman–Crippen LogP) is 3.36. The number of amides is 6. The second-order valence-electron chi connectivity index (χ2n) is 14.1. The summed E-state index contributed by atoms with van der Waals surface area (Å²) in [5.74, 6) is -3.14. The highest BCUT2D eigenvalue weighted by Gasteiger charge is 2.36. The minimum atomic E-state index is -1.30. The number of imide groups is 1. The lowest BCUT2D eigenvalue weighted by atomic mass is 10.1. The van der Waals surface area contributed by atoms with Crippen LogP contribution in [0.15, 0.2) is 0 Å². The summed E-state index contributed by atoms with van der Waals surface area (Å²) in [5, 5.41) is 10.7. The standard InChI is InChI=1S/C31H53N5O11/c1-29(2,3)44-26(41)32-18-12-10-14-20(35-28(43)46-31(7,8)9)24(39)34-21(25(40)47-36-22(37)16-17-23(36)38)15-11-13-19-33-27(42)45-30(4,5)6/h20-21H,10-19H2,1-9H3,(H,32,41)(H,33,42)(H,34,39)(H,35,43)/t20-,21-/m0/s1. The Morgan fingerprint density at radius 2 is 1.02 bits per heavy atom. The number of carbonyl (C=O) groups is 7. The van der Waals surface area contributed by atoms with Gasteiger partial charge in [0.1, 0.15) is 28.9 Å². The Bertz CT molecular complexity index is 1110. The average molecular weight is 672 g/mol. The van der Waals surface area contributed by atoms with Crippen LogP contribution in [0.25, 0.3) is 0 Å². The molecule has 6 amide bonds. The molecule has 2 atom stereocenters. The van der Waals surface area contributed by atoms with Crippen LogP contribution < -0.4 is 21.3 Å². The molecule has 1 aliphatic rings. The van der Waals surface area contributed by atoms with Crippen molar-refractivity contribution in [3.63, 3.8) is 0 Å². The summed E-state index contributed by atoms with van der Waals surface area (Å²) in [7, 11) is 0. The zero-order chi connectivity index (χ0) is 36.0. The van der Waals surface area contributed by atoms with Crippen molar-refractivity contribution < 1.29 is 52.6 Å². The van der Waals surface area contributed by atoms with Crippen LogP contribution in [-0.4, -0.2) is 89.0 Å². The maximum Gasteiger partial charge on any atom is 0.408 e. The quantitative estimate of drug-likeness (QED) is 0.113. The van der Waals surface area contributed by atoms with Gasteiger partial charge >= 0.3 is 24.2 Å². The molecule has 0 aromatic heterocycles. The predicted molar refractivity (Wildman–Crippen MR) is 168 cm³/mol. The minimum absolute atomic E-state index is 0.0236. The topological polar surface area (TPSA) is 208 Å². The second-order valence-corrected chi connectivity index (χ2v) is 14.1. The summed E-state index contributed by atoms with van der Waals surface area (Å²) in [6, 6.07) is -2.45. The van der Waals surface area contributed by atoms with Gasteiger partial charge in [-0.05, 0) is 101 Å². The van der Waals surface area contributed by atoms with E-state index in [9.17, 15) is 33.6 Å². The molecule has 268 valence electrons. The van der Waals surface area contributed by atoms with E-state index < -0.39 is 70.9 Å². The van der Waals surface area contributed by atoms with E-state index in [1.54, 1.807) is 62.3 Å². The van der Waals surface area contributed by atoms with Crippen molar-refractivity contribution in [2.24, 2.45) is 0 Å². The third kappa shape index (κ3) is 18.6. The van der Waals surface area contributed by atoms with Crippen molar-refractivity contribution in [1.82, 2.24) is 26.3 Å². The Morgan fingerprint density at radius 1 is 0.617 bits per heavy atom. The van der Waals surface area contributed by atoms with Gasteiger partial charge in [-0.1, -0.05) is 0 Å². The highest BCUT2D eigenvalue weighted by Crippen LogP contribution is 2.15. The van der Waals surface area contributed by atoms with Crippen LogP contribution in [0.4, 0.5) is 14.4 Å². The summed E-state index contributed by atoms with van der Waals surface area (Å²) in [4.78, 5) is 92.2. The maximum absolute atomic E-state index is 13.5. The summed E-state index contributed by atoms with van der Waals surface area (Å²) >= 11 is 0. The van der Waals surface area contributed by atoms with Crippen LogP contribution in [0.5, 0.6) is 0 Å². The molecule has 16 heteroatoms. The molecule has 0 saturated carbocycles. The van der Waals surface area contributed by atoms with Crippen LogP contribution in [0.3, 0.4) is 0 Å². The molecule has 0 aliphatic carbocycles. The lowest BCUT2D eigenvalue weighted by molar-refractivity contribution is -0.199. The fourth-order valence-corrected chi connectivity index (χ4v) is 4.01. The van der Waals surface area contributed by atoms with E-state index in [4.69, 9.17) is 19.0 Å². The first-order valence-electron chi connectivity index (χ1n) is 15.9. The molecular weight excluding hydrogens is 618 g/mol. The molecule has 0 aromatic rings. The van der Waals surface area contributed by atoms with Crippen LogP contribution in [0.2, 0.25) is 0 Å². The summed E-state index contributed by atoms with van der Waals surface area (Å²) in [6.07, 6.45) is -0.592. The Morgan fingerprint density at radius 3 is 1.45 bits per heavy atom. The van der Waals surface area contributed by atoms with E-state index in [-0.39, 0.29) is 38.8 Å². The van der Waals surface area contributed by atoms with E-state index in [0.29, 0.717) is 30.7 Å². The summed E-state index contributed by atoms with van der Waals surface area (Å²) < 4.78 is 15.7. The molecule has 16 nitrogen and oxygen atoms in total. The van der Waals surface area contributed by atoms with Crippen LogP contribution in [-0.2, 0) is 38.2 Å². The molecule has 1 rings (SSSR count). The van der Waals surface area contributed by atoms with E-state index in [1.165, 1.54) is 0 Å². The van der Waals surface area contributed by atoms with Crippen LogP contribution in [0.1, 0.15) is 114 Å². The summed E-state index contributed by atoms with van der Waals surface area (Å²) in [6.45, 7) is 15.9. The normalized spacial score (nSPS) is 14.9. The zero-order valence-electron chi connectivity index (χ0n) is 29.2. The minimum Gasteiger partial charge on any atom is -0.444 e. The largest absolute Gasteiger partial charge is 0.444 e. The van der Waals surface area contributed by atoms with Crippen molar-refractivity contribution in [2.75, 3.05) is 13.1 Å². The van der Waals surface area contributed by atoms with Gasteiger partial charge in [-0.3, -0.25) is 14.4 Å². The van der Waals surface area contributed by atoms with Crippen molar-refractivity contribution in [2.45, 2.75) is 143 Å². The molecule has 0 aromatic carbocycles. The Kier molecular flexibility index (Phi) is 15.9. The maximum atomic E-state index is 13.5. The van der Waals surface area contributed by atoms with E-state index in [1.807, 2.05) is 0 Å². The molecule has 1 heterocycles. The lowest BCUT2D eigenvalue weighted by Crippen LogP contribution is -2.53. The average Bonchev–Trinajstić information content (AvgIpc) is 3.20. The van der Waals surface area contributed by atoms with Gasteiger partial charge in [0.2, 0.25) is 5.91 Å². The number of nitrogens with zero attached hydrogens (tertiary/aromatic N) is 1. The number of hydrogen-bond acceptors (Lipinski definition) is 11. The monoisotopic (exact) mass is 671 g/mol. The first-order valence-corrected chi connectivity index (χ1v) is 15.9. The number of ether oxygens (including phenoxy) is 3. The summed E-state index contributed by atoms with van der Waals surface area (Å²) in [5.41, 5.74) is -2.19. The number of carbonyl (C=O) groups excluding carboxylic acids is 7. The Hall–Kier alpha value is -4.11. The molecular formula is C31H53N5O11. The highest BCUT2D eigenvalue weighted by molar-refractivity contribution is 6.02. The number of hydrogen-bond donors (Lipinski definition) is 4. The first-order chi connectivity index (χ1) is 21.6. The SMILES string of the molecule is CC(C)(C)OC(=O)NCCCC[C@H](NC(=O)OC(C)(C)C)C(=O)N[C@@H](CCCCNC(=O)OC(C)(C)C)C(=O)ON1C(=O)CCC1=O. The van der Waals surface area contributed by atoms with E-state index in [2.05, 4.69) is 21.3 Å². The smallest absolute Gasteiger partial charge is 0.408 e. The Labute approximate surface area is 276 Å². The number of rotatable bonds is 15. The van der Waals surface area contributed by atoms with Gasteiger partial charge in [0, 0.05) is 25.9 Å². The van der Waals surface area contributed by atoms with Crippen molar-refractivity contribution in [3.05, 3.63) is 0 Å². The molecule has 1 saturated heterocycles. The van der Waals surface area contributed by atoms with Crippen molar-refractivity contribution in [3.8, 4) is 0 Å². The number of nitrogens with one attached hydrogen (secondary N) is 4. The molecule has 0 unspecified atom stereocenters. The van der Waals surface area contributed by atoms with Gasteiger partial charge in [0.25, 0.3) is 11.8 Å². The van der Waals surface area contributed by atoms with Gasteiger partial charge < -0.3 is 40.3 Å². The lowest BCUT2D eigenvalue weighted by Gasteiger charge is -2.25. The third-order valence-electron chi connectivity index (χ3n) is 5.97. The third-order valence-corrected chi connectivity index (χ3v) is 5.97. The van der Waals surface area contributed by atoms with Crippen LogP contribution >= 0.6 is 0 Å². The molecule has 1 fully saturated rings. The number of hydroxylamine groups is 2. The fourth-order valence-electron chi connectivity index (χ4n) is 4.01. The molecule has 1 aliphatic heterocycles. The molecule has 47 heavy (non-hydrogen) atoms. The van der Waals surface area contributed by atoms with Gasteiger partial charge in [-0.15, -0.1) is 5.06 Å². The number of alkyl carbamates (subject to hydrolysis) is 3. The van der Waals surface area contributed by atoms with Gasteiger partial charge in [-0.25, -0.2) is 19.2 Å². The van der Waals surface area contributed by atoms with Gasteiger partial charge in [-0.2, -0.15) is 0 Å². The number of unbranched alkanes of at least 4 members (excludes halogenated alkanes) is 2. The van der Waals surface area contributed by atoms with E-state index >= 15 is 0 Å². The fraction of sp³-hybridized carbons (Fsp3) is 0.774. The highest BCUT2D eigenvalue weighted by atomic mass is 16.7. The second kappa shape index (κ2) is 18.3. The van der Waals surface area contributed by atoms with E-state index in [0.717, 1.165) is 0 Å². The zero-order valence-corrected chi connectivity index (χ0v) is 29.2. The first kappa shape index (κ1) is 40.9. The van der Waals surface area contributed by atoms with Crippen LogP contribution in [0, 0.1) is 0 Å². The molecule has 0 spiro atoms. The molecule has 4 N–H and O–H groups in total. The molecule has 0 radical (unpaired) electrons.